The fourth-order valence-electron chi connectivity index (χ4n) is 1.61. The second kappa shape index (κ2) is 6.95. The molecule has 2 aromatic rings. The van der Waals surface area contributed by atoms with E-state index in [1.807, 2.05) is 6.07 Å². The van der Waals surface area contributed by atoms with Gasteiger partial charge < -0.3 is 10.5 Å². The zero-order chi connectivity index (χ0) is 14.4. The van der Waals surface area contributed by atoms with Crippen molar-refractivity contribution < 1.29 is 9.13 Å². The molecular formula is C16H13ClFNO. The molecule has 2 rings (SSSR count). The number of nitrogens with two attached hydrogens (primary N) is 1. The molecule has 0 fully saturated rings. The number of rotatable bonds is 3. The zero-order valence-electron chi connectivity index (χ0n) is 10.7. The summed E-state index contributed by atoms with van der Waals surface area (Å²) in [6.45, 7) is 0.360. The largest absolute Gasteiger partial charge is 0.487 e. The van der Waals surface area contributed by atoms with E-state index < -0.39 is 0 Å². The van der Waals surface area contributed by atoms with Crippen LogP contribution in [0.1, 0.15) is 11.1 Å². The van der Waals surface area contributed by atoms with Crippen molar-refractivity contribution in [3.8, 4) is 17.6 Å². The van der Waals surface area contributed by atoms with Gasteiger partial charge in [-0.1, -0.05) is 41.6 Å². The molecule has 2 N–H and O–H groups in total. The Kier molecular flexibility index (Phi) is 5.00. The summed E-state index contributed by atoms with van der Waals surface area (Å²) in [7, 11) is 0. The SMILES string of the molecule is NCC#Cc1ccc(COc2ccccc2Cl)c(F)c1. The van der Waals surface area contributed by atoms with Crippen LogP contribution in [0.15, 0.2) is 42.5 Å². The molecule has 0 amide bonds. The first-order valence-corrected chi connectivity index (χ1v) is 6.43. The van der Waals surface area contributed by atoms with Gasteiger partial charge in [0.25, 0.3) is 0 Å². The van der Waals surface area contributed by atoms with Crippen molar-refractivity contribution in [3.05, 3.63) is 64.4 Å². The van der Waals surface area contributed by atoms with Crippen LogP contribution in [0.5, 0.6) is 5.75 Å². The molecular weight excluding hydrogens is 277 g/mol. The van der Waals surface area contributed by atoms with Crippen LogP contribution in [0.4, 0.5) is 4.39 Å². The monoisotopic (exact) mass is 289 g/mol. The summed E-state index contributed by atoms with van der Waals surface area (Å²) in [5.41, 5.74) is 6.31. The fraction of sp³-hybridized carbons (Fsp3) is 0.125. The Morgan fingerprint density at radius 2 is 2.00 bits per heavy atom. The molecule has 0 spiro atoms. The van der Waals surface area contributed by atoms with Crippen LogP contribution in [0.25, 0.3) is 0 Å². The van der Waals surface area contributed by atoms with E-state index in [2.05, 4.69) is 11.8 Å². The lowest BCUT2D eigenvalue weighted by Gasteiger charge is -2.08. The highest BCUT2D eigenvalue weighted by molar-refractivity contribution is 6.32. The van der Waals surface area contributed by atoms with Crippen molar-refractivity contribution in [1.29, 1.82) is 0 Å². The Morgan fingerprint density at radius 1 is 1.20 bits per heavy atom. The van der Waals surface area contributed by atoms with Gasteiger partial charge in [0.1, 0.15) is 18.2 Å². The van der Waals surface area contributed by atoms with Crippen LogP contribution >= 0.6 is 11.6 Å². The Balaban J connectivity index is 2.09. The van der Waals surface area contributed by atoms with E-state index in [9.17, 15) is 4.39 Å². The van der Waals surface area contributed by atoms with Crippen LogP contribution in [0.3, 0.4) is 0 Å². The molecule has 2 aromatic carbocycles. The molecule has 0 radical (unpaired) electrons. The van der Waals surface area contributed by atoms with Gasteiger partial charge >= 0.3 is 0 Å². The third-order valence-electron chi connectivity index (χ3n) is 2.61. The maximum absolute atomic E-state index is 13.9. The zero-order valence-corrected chi connectivity index (χ0v) is 11.5. The normalized spacial score (nSPS) is 9.75. The highest BCUT2D eigenvalue weighted by Gasteiger charge is 2.05. The smallest absolute Gasteiger partial charge is 0.138 e. The minimum absolute atomic E-state index is 0.111. The van der Waals surface area contributed by atoms with Crippen LogP contribution in [-0.4, -0.2) is 6.54 Å². The van der Waals surface area contributed by atoms with Crippen LogP contribution in [-0.2, 0) is 6.61 Å². The summed E-state index contributed by atoms with van der Waals surface area (Å²) >= 11 is 5.96. The second-order valence-electron chi connectivity index (χ2n) is 4.03. The first-order valence-electron chi connectivity index (χ1n) is 6.05. The first-order chi connectivity index (χ1) is 9.70. The predicted molar refractivity (Wildman–Crippen MR) is 78.1 cm³/mol. The van der Waals surface area contributed by atoms with Crippen molar-refractivity contribution in [3.63, 3.8) is 0 Å². The molecule has 0 aliphatic heterocycles. The van der Waals surface area contributed by atoms with Crippen molar-refractivity contribution in [2.24, 2.45) is 5.73 Å². The summed E-state index contributed by atoms with van der Waals surface area (Å²) in [6.07, 6.45) is 0. The van der Waals surface area contributed by atoms with E-state index in [4.69, 9.17) is 22.1 Å². The average molecular weight is 290 g/mol. The van der Waals surface area contributed by atoms with Crippen LogP contribution < -0.4 is 10.5 Å². The Bertz CT molecular complexity index is 661. The molecule has 2 nitrogen and oxygen atoms in total. The van der Waals surface area contributed by atoms with E-state index in [-0.39, 0.29) is 19.0 Å². The summed E-state index contributed by atoms with van der Waals surface area (Å²) in [5.74, 6) is 5.63. The lowest BCUT2D eigenvalue weighted by atomic mass is 10.1. The molecule has 0 saturated carbocycles. The van der Waals surface area contributed by atoms with Gasteiger partial charge in [0, 0.05) is 11.1 Å². The van der Waals surface area contributed by atoms with Crippen molar-refractivity contribution in [1.82, 2.24) is 0 Å². The summed E-state index contributed by atoms with van der Waals surface area (Å²) in [5, 5.41) is 0.498. The molecule has 0 atom stereocenters. The van der Waals surface area contributed by atoms with Gasteiger partial charge in [-0.15, -0.1) is 0 Å². The third kappa shape index (κ3) is 3.74. The van der Waals surface area contributed by atoms with Gasteiger partial charge in [0.2, 0.25) is 0 Å². The molecule has 20 heavy (non-hydrogen) atoms. The van der Waals surface area contributed by atoms with Gasteiger partial charge in [-0.3, -0.25) is 0 Å². The van der Waals surface area contributed by atoms with Gasteiger partial charge in [-0.05, 0) is 24.3 Å². The fourth-order valence-corrected chi connectivity index (χ4v) is 1.80. The average Bonchev–Trinajstić information content (AvgIpc) is 2.45. The summed E-state index contributed by atoms with van der Waals surface area (Å²) < 4.78 is 19.4. The molecule has 0 aliphatic carbocycles. The molecule has 0 bridgehead atoms. The highest BCUT2D eigenvalue weighted by atomic mass is 35.5. The number of ether oxygens (including phenoxy) is 1. The molecule has 4 heteroatoms. The molecule has 0 aromatic heterocycles. The number of hydrogen-bond acceptors (Lipinski definition) is 2. The first kappa shape index (κ1) is 14.4. The molecule has 0 unspecified atom stereocenters. The number of hydrogen-bond donors (Lipinski definition) is 1. The Morgan fingerprint density at radius 3 is 2.70 bits per heavy atom. The standard InChI is InChI=1S/C16H13ClFNO/c17-14-5-1-2-6-16(14)20-11-13-8-7-12(4-3-9-19)10-15(13)18/h1-2,5-8,10H,9,11,19H2. The minimum Gasteiger partial charge on any atom is -0.487 e. The van der Waals surface area contributed by atoms with Crippen molar-refractivity contribution in [2.75, 3.05) is 6.54 Å². The van der Waals surface area contributed by atoms with E-state index in [0.717, 1.165) is 0 Å². The van der Waals surface area contributed by atoms with Gasteiger partial charge in [-0.2, -0.15) is 0 Å². The number of para-hydroxylation sites is 1. The summed E-state index contributed by atoms with van der Waals surface area (Å²) in [6, 6.07) is 11.8. The molecule has 102 valence electrons. The Hall–Kier alpha value is -2.02. The lowest BCUT2D eigenvalue weighted by Crippen LogP contribution is -1.99. The van der Waals surface area contributed by atoms with Gasteiger partial charge in [0.15, 0.2) is 0 Å². The van der Waals surface area contributed by atoms with Gasteiger partial charge in [-0.25, -0.2) is 4.39 Å². The van der Waals surface area contributed by atoms with E-state index in [0.29, 0.717) is 21.9 Å². The minimum atomic E-state index is -0.360. The van der Waals surface area contributed by atoms with E-state index in [1.165, 1.54) is 6.07 Å². The number of halogens is 2. The lowest BCUT2D eigenvalue weighted by molar-refractivity contribution is 0.300. The maximum Gasteiger partial charge on any atom is 0.138 e. The summed E-state index contributed by atoms with van der Waals surface area (Å²) in [4.78, 5) is 0. The third-order valence-corrected chi connectivity index (χ3v) is 2.92. The van der Waals surface area contributed by atoms with Crippen molar-refractivity contribution in [2.45, 2.75) is 6.61 Å². The highest BCUT2D eigenvalue weighted by Crippen LogP contribution is 2.24. The quantitative estimate of drug-likeness (QED) is 0.879. The maximum atomic E-state index is 13.9. The molecule has 0 aliphatic rings. The topological polar surface area (TPSA) is 35.2 Å². The van der Waals surface area contributed by atoms with E-state index >= 15 is 0 Å². The van der Waals surface area contributed by atoms with Crippen molar-refractivity contribution >= 4 is 11.6 Å². The van der Waals surface area contributed by atoms with Gasteiger partial charge in [0.05, 0.1) is 11.6 Å². The second-order valence-corrected chi connectivity index (χ2v) is 4.44. The predicted octanol–water partition coefficient (Wildman–Crippen LogP) is 3.37. The van der Waals surface area contributed by atoms with E-state index in [1.54, 1.807) is 30.3 Å². The number of benzene rings is 2. The molecule has 0 heterocycles. The van der Waals surface area contributed by atoms with Crippen LogP contribution in [0.2, 0.25) is 5.02 Å². The van der Waals surface area contributed by atoms with Crippen LogP contribution in [0, 0.1) is 17.7 Å². The Labute approximate surface area is 122 Å². The molecule has 0 saturated heterocycles.